The Labute approximate surface area is 121 Å². The monoisotopic (exact) mass is 288 g/mol. The number of fused-ring (bicyclic) bond motifs is 1. The molecule has 7 nitrogen and oxygen atoms in total. The summed E-state index contributed by atoms with van der Waals surface area (Å²) in [5, 5.41) is 4.14. The molecule has 110 valence electrons. The highest BCUT2D eigenvalue weighted by Crippen LogP contribution is 2.22. The zero-order valence-corrected chi connectivity index (χ0v) is 11.7. The molecule has 1 fully saturated rings. The van der Waals surface area contributed by atoms with Crippen molar-refractivity contribution in [1.29, 1.82) is 0 Å². The molecule has 1 amide bonds. The Morgan fingerprint density at radius 2 is 2.19 bits per heavy atom. The van der Waals surface area contributed by atoms with Crippen LogP contribution in [0, 0.1) is 0 Å². The van der Waals surface area contributed by atoms with Gasteiger partial charge in [-0.15, -0.1) is 0 Å². The number of likely N-dealkylation sites (tertiary alicyclic amines) is 1. The fraction of sp³-hybridized carbons (Fsp3) is 0.429. The van der Waals surface area contributed by atoms with Crippen LogP contribution in [-0.4, -0.2) is 51.1 Å². The van der Waals surface area contributed by atoms with Gasteiger partial charge in [0.2, 0.25) is 0 Å². The van der Waals surface area contributed by atoms with E-state index < -0.39 is 6.04 Å². The molecule has 0 unspecified atom stereocenters. The lowest BCUT2D eigenvalue weighted by molar-refractivity contribution is -0.147. The summed E-state index contributed by atoms with van der Waals surface area (Å²) in [6.45, 7) is 0.552. The molecule has 0 spiro atoms. The van der Waals surface area contributed by atoms with Gasteiger partial charge in [0.25, 0.3) is 5.91 Å². The smallest absolute Gasteiger partial charge is 0.328 e. The Morgan fingerprint density at radius 1 is 1.33 bits per heavy atom. The van der Waals surface area contributed by atoms with Crippen molar-refractivity contribution in [3.63, 3.8) is 0 Å². The van der Waals surface area contributed by atoms with Crippen LogP contribution in [0.25, 0.3) is 5.52 Å². The predicted molar refractivity (Wildman–Crippen MR) is 73.7 cm³/mol. The summed E-state index contributed by atoms with van der Waals surface area (Å²) in [6.07, 6.45) is 8.83. The van der Waals surface area contributed by atoms with Crippen LogP contribution in [0.15, 0.2) is 24.8 Å². The number of esters is 1. The van der Waals surface area contributed by atoms with Gasteiger partial charge in [0.1, 0.15) is 6.04 Å². The molecule has 2 aromatic rings. The Balaban J connectivity index is 1.94. The highest BCUT2D eigenvalue weighted by molar-refractivity contribution is 6.02. The molecule has 3 rings (SSSR count). The number of nitrogens with zero attached hydrogens (tertiary/aromatic N) is 4. The predicted octanol–water partition coefficient (Wildman–Crippen LogP) is 0.897. The quantitative estimate of drug-likeness (QED) is 0.767. The van der Waals surface area contributed by atoms with Gasteiger partial charge in [-0.25, -0.2) is 9.31 Å². The van der Waals surface area contributed by atoms with Crippen molar-refractivity contribution in [2.24, 2.45) is 0 Å². The minimum Gasteiger partial charge on any atom is -0.467 e. The van der Waals surface area contributed by atoms with Gasteiger partial charge in [-0.3, -0.25) is 9.78 Å². The molecule has 1 saturated heterocycles. The second-order valence-electron chi connectivity index (χ2n) is 5.00. The van der Waals surface area contributed by atoms with E-state index in [1.807, 2.05) is 0 Å². The number of amides is 1. The average molecular weight is 288 g/mol. The van der Waals surface area contributed by atoms with E-state index in [1.54, 1.807) is 28.0 Å². The van der Waals surface area contributed by atoms with Crippen LogP contribution >= 0.6 is 0 Å². The van der Waals surface area contributed by atoms with Crippen molar-refractivity contribution in [2.45, 2.75) is 25.3 Å². The number of ether oxygens (including phenoxy) is 1. The highest BCUT2D eigenvalue weighted by Gasteiger charge is 2.34. The second kappa shape index (κ2) is 5.51. The van der Waals surface area contributed by atoms with Crippen LogP contribution in [0.3, 0.4) is 0 Å². The van der Waals surface area contributed by atoms with Crippen LogP contribution < -0.4 is 0 Å². The lowest BCUT2D eigenvalue weighted by Gasteiger charge is -2.33. The second-order valence-corrected chi connectivity index (χ2v) is 5.00. The van der Waals surface area contributed by atoms with Gasteiger partial charge in [0, 0.05) is 18.9 Å². The van der Waals surface area contributed by atoms with Gasteiger partial charge >= 0.3 is 5.97 Å². The first kappa shape index (κ1) is 13.5. The van der Waals surface area contributed by atoms with Crippen molar-refractivity contribution in [2.75, 3.05) is 13.7 Å². The van der Waals surface area contributed by atoms with Crippen LogP contribution in [-0.2, 0) is 9.53 Å². The average Bonchev–Trinajstić information content (AvgIpc) is 2.97. The molecular formula is C14H16N4O3. The molecule has 0 aromatic carbocycles. The fourth-order valence-electron chi connectivity index (χ4n) is 2.71. The molecule has 0 radical (unpaired) electrons. The van der Waals surface area contributed by atoms with Crippen molar-refractivity contribution in [3.8, 4) is 0 Å². The van der Waals surface area contributed by atoms with Crippen LogP contribution in [0.4, 0.5) is 0 Å². The van der Waals surface area contributed by atoms with E-state index in [-0.39, 0.29) is 11.9 Å². The topological polar surface area (TPSA) is 76.8 Å². The third-order valence-electron chi connectivity index (χ3n) is 3.79. The van der Waals surface area contributed by atoms with Crippen molar-refractivity contribution in [1.82, 2.24) is 19.5 Å². The molecule has 21 heavy (non-hydrogen) atoms. The molecular weight excluding hydrogens is 272 g/mol. The minimum absolute atomic E-state index is 0.201. The summed E-state index contributed by atoms with van der Waals surface area (Å²) in [7, 11) is 1.35. The maximum atomic E-state index is 12.7. The van der Waals surface area contributed by atoms with Crippen molar-refractivity contribution < 1.29 is 14.3 Å². The van der Waals surface area contributed by atoms with Gasteiger partial charge in [-0.1, -0.05) is 0 Å². The van der Waals surface area contributed by atoms with E-state index in [9.17, 15) is 9.59 Å². The van der Waals surface area contributed by atoms with Gasteiger partial charge in [-0.05, 0) is 19.3 Å². The number of hydrogen-bond donors (Lipinski definition) is 0. The maximum Gasteiger partial charge on any atom is 0.328 e. The Morgan fingerprint density at radius 3 is 3.00 bits per heavy atom. The van der Waals surface area contributed by atoms with Crippen LogP contribution in [0.1, 0.15) is 29.6 Å². The third-order valence-corrected chi connectivity index (χ3v) is 3.79. The Bertz CT molecular complexity index is 682. The summed E-state index contributed by atoms with van der Waals surface area (Å²) in [5.74, 6) is -0.564. The summed E-state index contributed by atoms with van der Waals surface area (Å²) in [5.41, 5.74) is 1.09. The molecule has 2 aromatic heterocycles. The summed E-state index contributed by atoms with van der Waals surface area (Å²) < 4.78 is 6.40. The van der Waals surface area contributed by atoms with Crippen LogP contribution in [0.2, 0.25) is 0 Å². The lowest BCUT2D eigenvalue weighted by Crippen LogP contribution is -2.48. The molecule has 3 heterocycles. The lowest BCUT2D eigenvalue weighted by atomic mass is 10.0. The van der Waals surface area contributed by atoms with E-state index in [2.05, 4.69) is 10.1 Å². The maximum absolute atomic E-state index is 12.7. The normalized spacial score (nSPS) is 18.7. The van der Waals surface area contributed by atoms with Crippen molar-refractivity contribution >= 4 is 17.4 Å². The molecule has 1 aliphatic rings. The van der Waals surface area contributed by atoms with Crippen molar-refractivity contribution in [3.05, 3.63) is 30.4 Å². The van der Waals surface area contributed by atoms with E-state index in [1.165, 1.54) is 13.3 Å². The molecule has 7 heteroatoms. The van der Waals surface area contributed by atoms with Gasteiger partial charge in [-0.2, -0.15) is 5.10 Å². The molecule has 0 N–H and O–H groups in total. The van der Waals surface area contributed by atoms with E-state index >= 15 is 0 Å². The van der Waals surface area contributed by atoms with Gasteiger partial charge in [0.15, 0.2) is 0 Å². The number of carbonyl (C=O) groups is 2. The fourth-order valence-corrected chi connectivity index (χ4v) is 2.71. The number of rotatable bonds is 2. The summed E-state index contributed by atoms with van der Waals surface area (Å²) >= 11 is 0. The molecule has 0 aliphatic carbocycles. The number of methoxy groups -OCH3 is 1. The molecule has 1 atom stereocenters. The SMILES string of the molecule is COC(=O)[C@H]1CCCCN1C(=O)c1cnn2ccncc12. The van der Waals surface area contributed by atoms with Gasteiger partial charge < -0.3 is 9.64 Å². The van der Waals surface area contributed by atoms with E-state index in [0.29, 0.717) is 24.0 Å². The Hall–Kier alpha value is -2.44. The zero-order valence-electron chi connectivity index (χ0n) is 11.7. The number of hydrogen-bond acceptors (Lipinski definition) is 5. The largest absolute Gasteiger partial charge is 0.467 e. The van der Waals surface area contributed by atoms with Crippen LogP contribution in [0.5, 0.6) is 0 Å². The number of aromatic nitrogens is 3. The first-order chi connectivity index (χ1) is 10.2. The molecule has 0 saturated carbocycles. The molecule has 0 bridgehead atoms. The zero-order chi connectivity index (χ0) is 14.8. The number of piperidine rings is 1. The number of carbonyl (C=O) groups excluding carboxylic acids is 2. The van der Waals surface area contributed by atoms with E-state index in [4.69, 9.17) is 4.74 Å². The first-order valence-electron chi connectivity index (χ1n) is 6.88. The summed E-state index contributed by atoms with van der Waals surface area (Å²) in [6, 6.07) is -0.511. The summed E-state index contributed by atoms with van der Waals surface area (Å²) in [4.78, 5) is 30.2. The molecule has 1 aliphatic heterocycles. The first-order valence-corrected chi connectivity index (χ1v) is 6.88. The standard InChI is InChI=1S/C14H16N4O3/c1-21-14(20)11-4-2-3-6-17(11)13(19)10-8-16-18-7-5-15-9-12(10)18/h5,7-9,11H,2-4,6H2,1H3/t11-/m1/s1. The minimum atomic E-state index is -0.511. The van der Waals surface area contributed by atoms with E-state index in [0.717, 1.165) is 12.8 Å². The highest BCUT2D eigenvalue weighted by atomic mass is 16.5. The third kappa shape index (κ3) is 2.35. The Kier molecular flexibility index (Phi) is 3.55. The van der Waals surface area contributed by atoms with Gasteiger partial charge in [0.05, 0.1) is 30.6 Å².